The molecule has 0 unspecified atom stereocenters. The highest BCUT2D eigenvalue weighted by Crippen LogP contribution is 2.24. The monoisotopic (exact) mass is 281 g/mol. The second-order valence-corrected chi connectivity index (χ2v) is 5.05. The molecular formula is C12H19N5O3. The van der Waals surface area contributed by atoms with Gasteiger partial charge in [0.1, 0.15) is 6.33 Å². The lowest BCUT2D eigenvalue weighted by Crippen LogP contribution is -2.44. The molecule has 1 saturated carbocycles. The minimum Gasteiger partial charge on any atom is -0.481 e. The van der Waals surface area contributed by atoms with Crippen LogP contribution in [-0.4, -0.2) is 37.9 Å². The van der Waals surface area contributed by atoms with E-state index in [1.807, 2.05) is 0 Å². The van der Waals surface area contributed by atoms with Crippen LogP contribution in [0.25, 0.3) is 0 Å². The van der Waals surface area contributed by atoms with Crippen LogP contribution < -0.4 is 10.6 Å². The van der Waals surface area contributed by atoms with Crippen molar-refractivity contribution in [1.82, 2.24) is 25.4 Å². The van der Waals surface area contributed by atoms with Gasteiger partial charge in [-0.05, 0) is 25.7 Å². The van der Waals surface area contributed by atoms with E-state index in [1.165, 1.54) is 0 Å². The van der Waals surface area contributed by atoms with E-state index < -0.39 is 5.97 Å². The number of nitrogens with one attached hydrogen (secondary N) is 2. The Labute approximate surface area is 116 Å². The molecule has 0 aromatic carbocycles. The number of hydrogen-bond donors (Lipinski definition) is 3. The van der Waals surface area contributed by atoms with Crippen LogP contribution in [0, 0.1) is 5.92 Å². The van der Waals surface area contributed by atoms with Crippen LogP contribution in [0.2, 0.25) is 0 Å². The summed E-state index contributed by atoms with van der Waals surface area (Å²) in [4.78, 5) is 26.5. The van der Waals surface area contributed by atoms with Crippen LogP contribution in [0.1, 0.15) is 31.5 Å². The third-order valence-corrected chi connectivity index (χ3v) is 3.47. The van der Waals surface area contributed by atoms with Crippen molar-refractivity contribution in [3.8, 4) is 0 Å². The normalized spacial score (nSPS) is 22.2. The molecule has 0 spiro atoms. The van der Waals surface area contributed by atoms with Crippen LogP contribution in [0.4, 0.5) is 4.79 Å². The minimum atomic E-state index is -0.742. The van der Waals surface area contributed by atoms with Crippen LogP contribution in [0.15, 0.2) is 6.33 Å². The average Bonchev–Trinajstić information content (AvgIpc) is 2.83. The van der Waals surface area contributed by atoms with Gasteiger partial charge >= 0.3 is 12.0 Å². The third kappa shape index (κ3) is 3.94. The summed E-state index contributed by atoms with van der Waals surface area (Å²) < 4.78 is 1.57. The molecule has 8 nitrogen and oxygen atoms in total. The van der Waals surface area contributed by atoms with Crippen molar-refractivity contribution in [3.63, 3.8) is 0 Å². The molecule has 1 aromatic heterocycles. The number of urea groups is 1. The molecule has 110 valence electrons. The number of aryl methyl sites for hydroxylation is 1. The van der Waals surface area contributed by atoms with Crippen LogP contribution in [0.5, 0.6) is 0 Å². The Hall–Kier alpha value is -2.12. The molecule has 2 rings (SSSR count). The van der Waals surface area contributed by atoms with Gasteiger partial charge in [0.05, 0.1) is 12.5 Å². The van der Waals surface area contributed by atoms with Gasteiger partial charge in [-0.3, -0.25) is 9.48 Å². The summed E-state index contributed by atoms with van der Waals surface area (Å²) >= 11 is 0. The molecular weight excluding hydrogens is 262 g/mol. The number of carboxylic acids is 1. The Morgan fingerprint density at radius 1 is 1.40 bits per heavy atom. The summed E-state index contributed by atoms with van der Waals surface area (Å²) in [5.74, 6) is -0.458. The molecule has 0 saturated heterocycles. The molecule has 1 aliphatic carbocycles. The van der Waals surface area contributed by atoms with Gasteiger partial charge < -0.3 is 15.7 Å². The van der Waals surface area contributed by atoms with Gasteiger partial charge in [-0.1, -0.05) is 0 Å². The van der Waals surface area contributed by atoms with Gasteiger partial charge in [0.2, 0.25) is 0 Å². The summed E-state index contributed by atoms with van der Waals surface area (Å²) in [6.07, 6.45) is 4.20. The zero-order valence-corrected chi connectivity index (χ0v) is 11.4. The highest BCUT2D eigenvalue weighted by Gasteiger charge is 2.26. The van der Waals surface area contributed by atoms with E-state index in [1.54, 1.807) is 18.1 Å². The van der Waals surface area contributed by atoms with Crippen molar-refractivity contribution in [1.29, 1.82) is 0 Å². The first kappa shape index (κ1) is 14.3. The molecule has 1 aliphatic rings. The fourth-order valence-corrected chi connectivity index (χ4v) is 2.35. The lowest BCUT2D eigenvalue weighted by atomic mass is 9.86. The Morgan fingerprint density at radius 3 is 2.65 bits per heavy atom. The molecule has 20 heavy (non-hydrogen) atoms. The first-order valence-corrected chi connectivity index (χ1v) is 6.66. The van der Waals surface area contributed by atoms with Crippen LogP contribution in [-0.2, 0) is 18.4 Å². The third-order valence-electron chi connectivity index (χ3n) is 3.47. The maximum absolute atomic E-state index is 11.7. The largest absolute Gasteiger partial charge is 0.481 e. The van der Waals surface area contributed by atoms with Gasteiger partial charge in [0.15, 0.2) is 5.82 Å². The first-order valence-electron chi connectivity index (χ1n) is 6.66. The second kappa shape index (κ2) is 6.36. The number of rotatable bonds is 4. The molecule has 0 radical (unpaired) electrons. The highest BCUT2D eigenvalue weighted by atomic mass is 16.4. The minimum absolute atomic E-state index is 0.0438. The van der Waals surface area contributed by atoms with E-state index >= 15 is 0 Å². The van der Waals surface area contributed by atoms with Gasteiger partial charge in [-0.2, -0.15) is 5.10 Å². The number of aliphatic carboxylic acids is 1. The van der Waals surface area contributed by atoms with E-state index in [0.717, 1.165) is 0 Å². The van der Waals surface area contributed by atoms with E-state index in [9.17, 15) is 9.59 Å². The van der Waals surface area contributed by atoms with E-state index in [4.69, 9.17) is 5.11 Å². The summed E-state index contributed by atoms with van der Waals surface area (Å²) in [5, 5.41) is 18.5. The summed E-state index contributed by atoms with van der Waals surface area (Å²) in [6.45, 7) is 0.275. The molecule has 2 amide bonds. The Balaban J connectivity index is 1.69. The summed E-state index contributed by atoms with van der Waals surface area (Å²) in [5.41, 5.74) is 0. The number of carbonyl (C=O) groups excluding carboxylic acids is 1. The highest BCUT2D eigenvalue weighted by molar-refractivity contribution is 5.74. The predicted molar refractivity (Wildman–Crippen MR) is 69.8 cm³/mol. The van der Waals surface area contributed by atoms with E-state index in [2.05, 4.69) is 20.7 Å². The van der Waals surface area contributed by atoms with E-state index in [0.29, 0.717) is 31.5 Å². The molecule has 1 heterocycles. The fourth-order valence-electron chi connectivity index (χ4n) is 2.35. The second-order valence-electron chi connectivity index (χ2n) is 5.05. The van der Waals surface area contributed by atoms with Gasteiger partial charge in [-0.25, -0.2) is 9.78 Å². The Morgan fingerprint density at radius 2 is 2.10 bits per heavy atom. The topological polar surface area (TPSA) is 109 Å². The lowest BCUT2D eigenvalue weighted by molar-refractivity contribution is -0.142. The van der Waals surface area contributed by atoms with Crippen molar-refractivity contribution >= 4 is 12.0 Å². The van der Waals surface area contributed by atoms with Crippen molar-refractivity contribution < 1.29 is 14.7 Å². The van der Waals surface area contributed by atoms with Gasteiger partial charge in [0, 0.05) is 13.1 Å². The molecule has 0 bridgehead atoms. The zero-order valence-electron chi connectivity index (χ0n) is 11.4. The van der Waals surface area contributed by atoms with Crippen molar-refractivity contribution in [3.05, 3.63) is 12.2 Å². The van der Waals surface area contributed by atoms with Crippen molar-refractivity contribution in [2.75, 3.05) is 0 Å². The van der Waals surface area contributed by atoms with Crippen LogP contribution in [0.3, 0.4) is 0 Å². The standard InChI is InChI=1S/C12H19N5O3/c1-17-7-14-10(16-17)6-13-12(20)15-9-4-2-8(3-5-9)11(18)19/h7-9H,2-6H2,1H3,(H,18,19)(H2,13,15,20). The maximum atomic E-state index is 11.7. The molecule has 3 N–H and O–H groups in total. The van der Waals surface area contributed by atoms with Crippen molar-refractivity contribution in [2.24, 2.45) is 13.0 Å². The first-order chi connectivity index (χ1) is 9.54. The lowest BCUT2D eigenvalue weighted by Gasteiger charge is -2.26. The molecule has 1 aromatic rings. The molecule has 0 aliphatic heterocycles. The zero-order chi connectivity index (χ0) is 14.5. The molecule has 0 atom stereocenters. The number of amides is 2. The number of nitrogens with zero attached hydrogens (tertiary/aromatic N) is 3. The SMILES string of the molecule is Cn1cnc(CNC(=O)NC2CCC(C(=O)O)CC2)n1. The number of aromatic nitrogens is 3. The van der Waals surface area contributed by atoms with Crippen LogP contribution >= 0.6 is 0 Å². The van der Waals surface area contributed by atoms with Crippen molar-refractivity contribution in [2.45, 2.75) is 38.3 Å². The summed E-state index contributed by atoms with van der Waals surface area (Å²) in [7, 11) is 1.76. The summed E-state index contributed by atoms with van der Waals surface area (Å²) in [6, 6.07) is -0.224. The molecule has 8 heteroatoms. The number of carboxylic acid groups (broad SMARTS) is 1. The van der Waals surface area contributed by atoms with Gasteiger partial charge in [0.25, 0.3) is 0 Å². The maximum Gasteiger partial charge on any atom is 0.315 e. The quantitative estimate of drug-likeness (QED) is 0.733. The smallest absolute Gasteiger partial charge is 0.315 e. The number of hydrogen-bond acceptors (Lipinski definition) is 4. The number of carbonyl (C=O) groups is 2. The van der Waals surface area contributed by atoms with E-state index in [-0.39, 0.29) is 24.5 Å². The Kier molecular flexibility index (Phi) is 4.54. The van der Waals surface area contributed by atoms with Gasteiger partial charge in [-0.15, -0.1) is 0 Å². The predicted octanol–water partition coefficient (Wildman–Crippen LogP) is 0.258. The average molecular weight is 281 g/mol. The fraction of sp³-hybridized carbons (Fsp3) is 0.667. The Bertz CT molecular complexity index is 479. The molecule has 1 fully saturated rings.